The van der Waals surface area contributed by atoms with Crippen molar-refractivity contribution in [2.45, 2.75) is 37.0 Å². The lowest BCUT2D eigenvalue weighted by atomic mass is 9.97. The van der Waals surface area contributed by atoms with Crippen molar-refractivity contribution in [2.75, 3.05) is 6.54 Å². The summed E-state index contributed by atoms with van der Waals surface area (Å²) in [6, 6.07) is 7.91. The molecule has 0 aromatic heterocycles. The Labute approximate surface area is 120 Å². The van der Waals surface area contributed by atoms with Gasteiger partial charge < -0.3 is 0 Å². The van der Waals surface area contributed by atoms with Gasteiger partial charge >= 0.3 is 0 Å². The van der Waals surface area contributed by atoms with Gasteiger partial charge in [-0.05, 0) is 56.4 Å². The van der Waals surface area contributed by atoms with E-state index in [9.17, 15) is 8.42 Å². The molecule has 0 aliphatic heterocycles. The molecular weight excluding hydrogens is 272 g/mol. The van der Waals surface area contributed by atoms with E-state index in [0.717, 1.165) is 19.3 Å². The van der Waals surface area contributed by atoms with E-state index in [1.807, 2.05) is 6.07 Å². The molecule has 5 heteroatoms. The van der Waals surface area contributed by atoms with Crippen LogP contribution in [-0.2, 0) is 10.0 Å². The summed E-state index contributed by atoms with van der Waals surface area (Å²) in [5.74, 6) is 0. The molecule has 0 unspecified atom stereocenters. The highest BCUT2D eigenvalue weighted by molar-refractivity contribution is 7.89. The molecule has 0 spiro atoms. The molecule has 1 aliphatic carbocycles. The number of sulfonamides is 1. The molecule has 0 heterocycles. The number of rotatable bonds is 5. The normalized spacial score (nSPS) is 15.4. The highest BCUT2D eigenvalue weighted by Crippen LogP contribution is 2.19. The van der Waals surface area contributed by atoms with Gasteiger partial charge in [-0.15, -0.1) is 0 Å². The average Bonchev–Trinajstić information content (AvgIpc) is 2.48. The summed E-state index contributed by atoms with van der Waals surface area (Å²) < 4.78 is 26.7. The molecule has 1 N–H and O–H groups in total. The third kappa shape index (κ3) is 3.92. The molecule has 20 heavy (non-hydrogen) atoms. The van der Waals surface area contributed by atoms with Crippen molar-refractivity contribution in [1.29, 1.82) is 5.26 Å². The van der Waals surface area contributed by atoms with Crippen LogP contribution < -0.4 is 4.72 Å². The molecule has 0 atom stereocenters. The zero-order valence-electron chi connectivity index (χ0n) is 11.3. The number of benzene rings is 1. The van der Waals surface area contributed by atoms with E-state index in [4.69, 9.17) is 5.26 Å². The number of allylic oxidation sites excluding steroid dienone is 1. The van der Waals surface area contributed by atoms with E-state index >= 15 is 0 Å². The van der Waals surface area contributed by atoms with Crippen LogP contribution in [-0.4, -0.2) is 15.0 Å². The highest BCUT2D eigenvalue weighted by atomic mass is 32.2. The van der Waals surface area contributed by atoms with Gasteiger partial charge in [0.2, 0.25) is 10.0 Å². The van der Waals surface area contributed by atoms with E-state index < -0.39 is 10.0 Å². The predicted octanol–water partition coefficient (Wildman–Crippen LogP) is 2.73. The van der Waals surface area contributed by atoms with Crippen LogP contribution in [0.3, 0.4) is 0 Å². The molecule has 0 saturated heterocycles. The Morgan fingerprint density at radius 3 is 2.55 bits per heavy atom. The van der Waals surface area contributed by atoms with Gasteiger partial charge in [-0.2, -0.15) is 5.26 Å². The topological polar surface area (TPSA) is 70.0 Å². The summed E-state index contributed by atoms with van der Waals surface area (Å²) in [7, 11) is -3.47. The van der Waals surface area contributed by atoms with Crippen LogP contribution in [0.5, 0.6) is 0 Å². The van der Waals surface area contributed by atoms with Crippen molar-refractivity contribution in [3.8, 4) is 6.07 Å². The van der Waals surface area contributed by atoms with Gasteiger partial charge in [-0.1, -0.05) is 11.6 Å². The summed E-state index contributed by atoms with van der Waals surface area (Å²) in [5.41, 5.74) is 1.80. The van der Waals surface area contributed by atoms with E-state index in [1.54, 1.807) is 0 Å². The molecule has 106 valence electrons. The lowest BCUT2D eigenvalue weighted by molar-refractivity contribution is 0.579. The standard InChI is InChI=1S/C15H18N2O2S/c16-12-14-6-8-15(9-7-14)20(18,19)17-11-10-13-4-2-1-3-5-13/h4,6-9,17H,1-3,5,10-11H2. The number of hydrogen-bond acceptors (Lipinski definition) is 3. The summed E-state index contributed by atoms with van der Waals surface area (Å²) in [6.07, 6.45) is 7.62. The van der Waals surface area contributed by atoms with E-state index in [-0.39, 0.29) is 4.90 Å². The van der Waals surface area contributed by atoms with Gasteiger partial charge in [0.25, 0.3) is 0 Å². The lowest BCUT2D eigenvalue weighted by Crippen LogP contribution is -2.25. The predicted molar refractivity (Wildman–Crippen MR) is 77.5 cm³/mol. The van der Waals surface area contributed by atoms with Gasteiger partial charge in [0.15, 0.2) is 0 Å². The Bertz CT molecular complexity index is 625. The van der Waals surface area contributed by atoms with E-state index in [1.165, 1.54) is 42.7 Å². The first kappa shape index (κ1) is 14.8. The highest BCUT2D eigenvalue weighted by Gasteiger charge is 2.13. The second-order valence-corrected chi connectivity index (χ2v) is 6.66. The maximum atomic E-state index is 12.1. The zero-order chi connectivity index (χ0) is 14.4. The Kier molecular flexibility index (Phi) is 4.94. The van der Waals surface area contributed by atoms with Crippen molar-refractivity contribution in [3.05, 3.63) is 41.5 Å². The third-order valence-electron chi connectivity index (χ3n) is 3.42. The molecular formula is C15H18N2O2S. The minimum absolute atomic E-state index is 0.203. The molecule has 1 aliphatic rings. The average molecular weight is 290 g/mol. The summed E-state index contributed by atoms with van der Waals surface area (Å²) in [6.45, 7) is 0.425. The summed E-state index contributed by atoms with van der Waals surface area (Å²) in [4.78, 5) is 0.203. The van der Waals surface area contributed by atoms with Crippen LogP contribution in [0.15, 0.2) is 40.8 Å². The van der Waals surface area contributed by atoms with E-state index in [0.29, 0.717) is 12.1 Å². The van der Waals surface area contributed by atoms with Crippen LogP contribution in [0.4, 0.5) is 0 Å². The van der Waals surface area contributed by atoms with Gasteiger partial charge in [0, 0.05) is 6.54 Å². The fraction of sp³-hybridized carbons (Fsp3) is 0.400. The lowest BCUT2D eigenvalue weighted by Gasteiger charge is -2.13. The molecule has 2 rings (SSSR count). The fourth-order valence-corrected chi connectivity index (χ4v) is 3.30. The Hall–Kier alpha value is -1.64. The minimum atomic E-state index is -3.47. The smallest absolute Gasteiger partial charge is 0.211 e. The monoisotopic (exact) mass is 290 g/mol. The van der Waals surface area contributed by atoms with Gasteiger partial charge in [0.1, 0.15) is 0 Å². The zero-order valence-corrected chi connectivity index (χ0v) is 12.1. The molecule has 4 nitrogen and oxygen atoms in total. The van der Waals surface area contributed by atoms with Crippen molar-refractivity contribution in [3.63, 3.8) is 0 Å². The fourth-order valence-electron chi connectivity index (χ4n) is 2.27. The maximum Gasteiger partial charge on any atom is 0.240 e. The summed E-state index contributed by atoms with van der Waals surface area (Å²) >= 11 is 0. The van der Waals surface area contributed by atoms with Gasteiger partial charge in [0.05, 0.1) is 16.5 Å². The SMILES string of the molecule is N#Cc1ccc(S(=O)(=O)NCCC2=CCCCC2)cc1. The Balaban J connectivity index is 1.93. The van der Waals surface area contributed by atoms with Gasteiger partial charge in [-0.25, -0.2) is 13.1 Å². The molecule has 0 fully saturated rings. The molecule has 1 aromatic carbocycles. The van der Waals surface area contributed by atoms with Crippen LogP contribution in [0, 0.1) is 11.3 Å². The van der Waals surface area contributed by atoms with Crippen molar-refractivity contribution >= 4 is 10.0 Å². The van der Waals surface area contributed by atoms with Crippen LogP contribution in [0.2, 0.25) is 0 Å². The van der Waals surface area contributed by atoms with Crippen molar-refractivity contribution in [1.82, 2.24) is 4.72 Å². The molecule has 0 bridgehead atoms. The quantitative estimate of drug-likeness (QED) is 0.848. The van der Waals surface area contributed by atoms with Crippen molar-refractivity contribution < 1.29 is 8.42 Å². The van der Waals surface area contributed by atoms with Crippen molar-refractivity contribution in [2.24, 2.45) is 0 Å². The largest absolute Gasteiger partial charge is 0.240 e. The Morgan fingerprint density at radius 1 is 1.20 bits per heavy atom. The maximum absolute atomic E-state index is 12.1. The summed E-state index contributed by atoms with van der Waals surface area (Å²) in [5, 5.41) is 8.70. The van der Waals surface area contributed by atoms with Gasteiger partial charge in [-0.3, -0.25) is 0 Å². The number of nitrogens with one attached hydrogen (secondary N) is 1. The molecule has 0 saturated carbocycles. The Morgan fingerprint density at radius 2 is 1.95 bits per heavy atom. The third-order valence-corrected chi connectivity index (χ3v) is 4.89. The van der Waals surface area contributed by atoms with Crippen LogP contribution >= 0.6 is 0 Å². The first-order valence-corrected chi connectivity index (χ1v) is 8.28. The minimum Gasteiger partial charge on any atom is -0.211 e. The number of nitrogens with zero attached hydrogens (tertiary/aromatic N) is 1. The first-order chi connectivity index (χ1) is 9.62. The van der Waals surface area contributed by atoms with E-state index in [2.05, 4.69) is 10.8 Å². The second kappa shape index (κ2) is 6.69. The van der Waals surface area contributed by atoms with Crippen LogP contribution in [0.25, 0.3) is 0 Å². The second-order valence-electron chi connectivity index (χ2n) is 4.89. The molecule has 1 aromatic rings. The van der Waals surface area contributed by atoms with Crippen LogP contribution in [0.1, 0.15) is 37.7 Å². The molecule has 0 radical (unpaired) electrons. The molecule has 0 amide bonds. The first-order valence-electron chi connectivity index (χ1n) is 6.79. The number of nitriles is 1. The number of hydrogen-bond donors (Lipinski definition) is 1.